The van der Waals surface area contributed by atoms with E-state index in [2.05, 4.69) is 14.8 Å². The van der Waals surface area contributed by atoms with Crippen LogP contribution >= 0.6 is 11.8 Å². The number of thioether (sulfide) groups is 1. The van der Waals surface area contributed by atoms with Crippen molar-refractivity contribution in [3.63, 3.8) is 0 Å². The first-order chi connectivity index (χ1) is 14.0. The Hall–Kier alpha value is -2.22. The highest BCUT2D eigenvalue weighted by Gasteiger charge is 2.36. The minimum Gasteiger partial charge on any atom is -0.493 e. The molecular formula is C21H28N4O3S. The molecule has 7 nitrogen and oxygen atoms in total. The van der Waals surface area contributed by atoms with Gasteiger partial charge in [0.05, 0.1) is 20.0 Å². The molecule has 2 aromatic rings. The minimum atomic E-state index is 0.0718. The Morgan fingerprint density at radius 3 is 2.48 bits per heavy atom. The molecule has 1 heterocycles. The molecule has 2 aliphatic rings. The van der Waals surface area contributed by atoms with Crippen LogP contribution < -0.4 is 9.47 Å². The summed E-state index contributed by atoms with van der Waals surface area (Å²) in [6.45, 7) is 2.54. The van der Waals surface area contributed by atoms with E-state index in [9.17, 15) is 4.79 Å². The van der Waals surface area contributed by atoms with Crippen LogP contribution in [0.3, 0.4) is 0 Å². The van der Waals surface area contributed by atoms with Gasteiger partial charge in [0.2, 0.25) is 5.91 Å². The van der Waals surface area contributed by atoms with Gasteiger partial charge in [0.25, 0.3) is 0 Å². The number of carbonyl (C=O) groups excluding carboxylic acids is 1. The van der Waals surface area contributed by atoms with Gasteiger partial charge in [-0.3, -0.25) is 4.79 Å². The van der Waals surface area contributed by atoms with Gasteiger partial charge in [0, 0.05) is 25.6 Å². The zero-order chi connectivity index (χ0) is 20.5. The first-order valence-electron chi connectivity index (χ1n) is 10.0. The first-order valence-corrected chi connectivity index (χ1v) is 11.0. The molecular weight excluding hydrogens is 388 g/mol. The molecule has 2 fully saturated rings. The van der Waals surface area contributed by atoms with Crippen LogP contribution in [0.2, 0.25) is 0 Å². The van der Waals surface area contributed by atoms with Crippen LogP contribution in [0.1, 0.15) is 54.6 Å². The number of aromatic nitrogens is 3. The Labute approximate surface area is 175 Å². The summed E-state index contributed by atoms with van der Waals surface area (Å²) in [5.41, 5.74) is 2.11. The van der Waals surface area contributed by atoms with E-state index in [4.69, 9.17) is 9.47 Å². The molecule has 0 N–H and O–H groups in total. The van der Waals surface area contributed by atoms with Crippen molar-refractivity contribution in [2.45, 2.75) is 56.3 Å². The van der Waals surface area contributed by atoms with E-state index in [0.717, 1.165) is 22.1 Å². The van der Waals surface area contributed by atoms with Crippen molar-refractivity contribution in [1.29, 1.82) is 0 Å². The number of hydrogen-bond donors (Lipinski definition) is 0. The van der Waals surface area contributed by atoms with Crippen molar-refractivity contribution >= 4 is 17.7 Å². The van der Waals surface area contributed by atoms with Gasteiger partial charge in [-0.15, -0.1) is 10.2 Å². The zero-order valence-electron chi connectivity index (χ0n) is 17.5. The molecule has 8 heteroatoms. The molecule has 4 rings (SSSR count). The van der Waals surface area contributed by atoms with E-state index in [1.165, 1.54) is 37.4 Å². The topological polar surface area (TPSA) is 69.5 Å². The monoisotopic (exact) mass is 416 g/mol. The number of aryl methyl sites for hydroxylation is 1. The molecule has 1 amide bonds. The summed E-state index contributed by atoms with van der Waals surface area (Å²) < 4.78 is 13.0. The Morgan fingerprint density at radius 1 is 1.17 bits per heavy atom. The first kappa shape index (κ1) is 20.1. The fourth-order valence-corrected chi connectivity index (χ4v) is 4.41. The Kier molecular flexibility index (Phi) is 5.72. The van der Waals surface area contributed by atoms with Gasteiger partial charge in [0.1, 0.15) is 5.82 Å². The Bertz CT molecular complexity index is 906. The van der Waals surface area contributed by atoms with E-state index in [1.54, 1.807) is 19.1 Å². The SMILES string of the molecule is COc1cc(C)c(CN(C)C(=O)CSc2nnc(C3CC3)n2C2CC2)cc1OC. The van der Waals surface area contributed by atoms with Gasteiger partial charge in [-0.25, -0.2) is 0 Å². The van der Waals surface area contributed by atoms with Crippen LogP contribution in [0.25, 0.3) is 0 Å². The lowest BCUT2D eigenvalue weighted by molar-refractivity contribution is -0.127. The second-order valence-electron chi connectivity index (χ2n) is 7.89. The molecule has 0 aliphatic heterocycles. The summed E-state index contributed by atoms with van der Waals surface area (Å²) >= 11 is 1.50. The van der Waals surface area contributed by atoms with Gasteiger partial charge in [-0.05, 0) is 55.9 Å². The lowest BCUT2D eigenvalue weighted by Crippen LogP contribution is -2.28. The largest absolute Gasteiger partial charge is 0.493 e. The Balaban J connectivity index is 1.39. The predicted molar refractivity (Wildman–Crippen MR) is 112 cm³/mol. The third kappa shape index (κ3) is 4.37. The average molecular weight is 417 g/mol. The maximum atomic E-state index is 12.8. The normalized spacial score (nSPS) is 16.0. The number of ether oxygens (including phenoxy) is 2. The quantitative estimate of drug-likeness (QED) is 0.582. The van der Waals surface area contributed by atoms with Crippen LogP contribution in [0.5, 0.6) is 11.5 Å². The maximum Gasteiger partial charge on any atom is 0.233 e. The molecule has 1 aromatic heterocycles. The van der Waals surface area contributed by atoms with Crippen molar-refractivity contribution < 1.29 is 14.3 Å². The number of rotatable bonds is 9. The van der Waals surface area contributed by atoms with Gasteiger partial charge in [0.15, 0.2) is 16.7 Å². The smallest absolute Gasteiger partial charge is 0.233 e. The van der Waals surface area contributed by atoms with Crippen LogP contribution in [0, 0.1) is 6.92 Å². The molecule has 1 aromatic carbocycles. The molecule has 0 saturated heterocycles. The number of carbonyl (C=O) groups is 1. The molecule has 29 heavy (non-hydrogen) atoms. The van der Waals surface area contributed by atoms with E-state index in [0.29, 0.717) is 35.8 Å². The van der Waals surface area contributed by atoms with E-state index in [1.807, 2.05) is 26.1 Å². The molecule has 0 bridgehead atoms. The number of nitrogens with zero attached hydrogens (tertiary/aromatic N) is 4. The molecule has 2 aliphatic carbocycles. The lowest BCUT2D eigenvalue weighted by Gasteiger charge is -2.20. The second kappa shape index (κ2) is 8.26. The standard InChI is InChI=1S/C21H28N4O3S/c1-13-9-17(27-3)18(28-4)10-15(13)11-24(2)19(26)12-29-21-23-22-20(14-5-6-14)25(21)16-7-8-16/h9-10,14,16H,5-8,11-12H2,1-4H3. The summed E-state index contributed by atoms with van der Waals surface area (Å²) in [6, 6.07) is 4.42. The van der Waals surface area contributed by atoms with E-state index < -0.39 is 0 Å². The summed E-state index contributed by atoms with van der Waals surface area (Å²) in [5.74, 6) is 3.50. The maximum absolute atomic E-state index is 12.8. The van der Waals surface area contributed by atoms with Crippen LogP contribution in [-0.2, 0) is 11.3 Å². The van der Waals surface area contributed by atoms with Crippen LogP contribution in [0.4, 0.5) is 0 Å². The second-order valence-corrected chi connectivity index (χ2v) is 8.83. The third-order valence-electron chi connectivity index (χ3n) is 5.55. The molecule has 0 unspecified atom stereocenters. The van der Waals surface area contributed by atoms with Gasteiger partial charge < -0.3 is 18.9 Å². The highest BCUT2D eigenvalue weighted by Crippen LogP contribution is 2.46. The van der Waals surface area contributed by atoms with Gasteiger partial charge in [-0.1, -0.05) is 11.8 Å². The van der Waals surface area contributed by atoms with Gasteiger partial charge >= 0.3 is 0 Å². The number of amides is 1. The van der Waals surface area contributed by atoms with Crippen molar-refractivity contribution in [3.8, 4) is 11.5 Å². The van der Waals surface area contributed by atoms with E-state index >= 15 is 0 Å². The van der Waals surface area contributed by atoms with Crippen molar-refractivity contribution in [3.05, 3.63) is 29.1 Å². The van der Waals surface area contributed by atoms with Crippen molar-refractivity contribution in [2.75, 3.05) is 27.0 Å². The summed E-state index contributed by atoms with van der Waals surface area (Å²) in [5, 5.41) is 9.69. The summed E-state index contributed by atoms with van der Waals surface area (Å²) in [7, 11) is 5.08. The molecule has 156 valence electrons. The summed E-state index contributed by atoms with van der Waals surface area (Å²) in [6.07, 6.45) is 4.80. The number of benzene rings is 1. The molecule has 0 atom stereocenters. The minimum absolute atomic E-state index is 0.0718. The van der Waals surface area contributed by atoms with Crippen LogP contribution in [-0.4, -0.2) is 52.6 Å². The highest BCUT2D eigenvalue weighted by atomic mass is 32.2. The molecule has 2 saturated carbocycles. The van der Waals surface area contributed by atoms with Gasteiger partial charge in [-0.2, -0.15) is 0 Å². The lowest BCUT2D eigenvalue weighted by atomic mass is 10.1. The third-order valence-corrected chi connectivity index (χ3v) is 6.47. The molecule has 0 spiro atoms. The average Bonchev–Trinajstić information content (AvgIpc) is 3.65. The fraction of sp³-hybridized carbons (Fsp3) is 0.571. The Morgan fingerprint density at radius 2 is 1.86 bits per heavy atom. The van der Waals surface area contributed by atoms with E-state index in [-0.39, 0.29) is 5.91 Å². The predicted octanol–water partition coefficient (Wildman–Crippen LogP) is 3.57. The zero-order valence-corrected chi connectivity index (χ0v) is 18.3. The number of hydrogen-bond acceptors (Lipinski definition) is 6. The van der Waals surface area contributed by atoms with Crippen LogP contribution in [0.15, 0.2) is 17.3 Å². The number of methoxy groups -OCH3 is 2. The fourth-order valence-electron chi connectivity index (χ4n) is 3.46. The van der Waals surface area contributed by atoms with Crippen molar-refractivity contribution in [2.24, 2.45) is 0 Å². The summed E-state index contributed by atoms with van der Waals surface area (Å²) in [4.78, 5) is 14.5. The van der Waals surface area contributed by atoms with Crippen molar-refractivity contribution in [1.82, 2.24) is 19.7 Å². The highest BCUT2D eigenvalue weighted by molar-refractivity contribution is 7.99. The molecule has 0 radical (unpaired) electrons.